The van der Waals surface area contributed by atoms with E-state index < -0.39 is 6.04 Å². The average Bonchev–Trinajstić information content (AvgIpc) is 2.88. The Morgan fingerprint density at radius 1 is 1.27 bits per heavy atom. The number of pyridine rings is 1. The molecular formula is C17H27ClN4O4. The number of rotatable bonds is 6. The molecule has 0 radical (unpaired) electrons. The van der Waals surface area contributed by atoms with Crippen LogP contribution in [0.3, 0.4) is 0 Å². The summed E-state index contributed by atoms with van der Waals surface area (Å²) in [5.74, 6) is 0.319. The number of nitrogens with two attached hydrogens (primary N) is 1. The highest BCUT2D eigenvalue weighted by Gasteiger charge is 2.24. The zero-order chi connectivity index (χ0) is 18.2. The van der Waals surface area contributed by atoms with Crippen molar-refractivity contribution in [3.63, 3.8) is 0 Å². The lowest BCUT2D eigenvalue weighted by Crippen LogP contribution is -2.47. The SMILES string of the molecule is CCOC(=O)c1ccc(N2CCCN(C(=O)C(N)COC)CC2)nc1.Cl. The number of amides is 1. The summed E-state index contributed by atoms with van der Waals surface area (Å²) in [4.78, 5) is 32.2. The molecule has 1 aliphatic rings. The smallest absolute Gasteiger partial charge is 0.339 e. The van der Waals surface area contributed by atoms with Crippen molar-refractivity contribution in [2.24, 2.45) is 5.73 Å². The first kappa shape index (κ1) is 22.1. The van der Waals surface area contributed by atoms with Crippen LogP contribution in [-0.2, 0) is 14.3 Å². The molecule has 0 bridgehead atoms. The molecule has 26 heavy (non-hydrogen) atoms. The zero-order valence-corrected chi connectivity index (χ0v) is 16.0. The van der Waals surface area contributed by atoms with Crippen molar-refractivity contribution < 1.29 is 19.1 Å². The standard InChI is InChI=1S/C17H26N4O4.ClH/c1-3-25-17(23)13-5-6-15(19-11-13)20-7-4-8-21(10-9-20)16(22)14(18)12-24-2;/h5-6,11,14H,3-4,7-10,12,18H2,1-2H3;1H. The second kappa shape index (κ2) is 10.9. The lowest BCUT2D eigenvalue weighted by Gasteiger charge is -2.24. The molecule has 2 N–H and O–H groups in total. The molecule has 1 aromatic rings. The van der Waals surface area contributed by atoms with E-state index in [1.165, 1.54) is 13.3 Å². The molecule has 0 aromatic carbocycles. The van der Waals surface area contributed by atoms with Crippen LogP contribution in [0.4, 0.5) is 5.82 Å². The molecule has 0 aliphatic carbocycles. The maximum Gasteiger partial charge on any atom is 0.339 e. The van der Waals surface area contributed by atoms with Crippen molar-refractivity contribution in [1.29, 1.82) is 0 Å². The predicted octanol–water partition coefficient (Wildman–Crippen LogP) is 0.693. The molecule has 146 valence electrons. The van der Waals surface area contributed by atoms with E-state index in [1.54, 1.807) is 24.0 Å². The van der Waals surface area contributed by atoms with E-state index in [2.05, 4.69) is 9.88 Å². The van der Waals surface area contributed by atoms with Crippen molar-refractivity contribution >= 4 is 30.1 Å². The number of nitrogens with zero attached hydrogens (tertiary/aromatic N) is 3. The van der Waals surface area contributed by atoms with Crippen molar-refractivity contribution in [3.8, 4) is 0 Å². The summed E-state index contributed by atoms with van der Waals surface area (Å²) in [6.45, 7) is 5.01. The van der Waals surface area contributed by atoms with Crippen LogP contribution in [0, 0.1) is 0 Å². The quantitative estimate of drug-likeness (QED) is 0.718. The largest absolute Gasteiger partial charge is 0.462 e. The van der Waals surface area contributed by atoms with Crippen LogP contribution in [0.15, 0.2) is 18.3 Å². The number of methoxy groups -OCH3 is 1. The number of aromatic nitrogens is 1. The number of esters is 1. The summed E-state index contributed by atoms with van der Waals surface area (Å²) in [7, 11) is 1.53. The Morgan fingerprint density at radius 3 is 2.65 bits per heavy atom. The van der Waals surface area contributed by atoms with E-state index in [-0.39, 0.29) is 30.9 Å². The molecule has 2 heterocycles. The van der Waals surface area contributed by atoms with Crippen LogP contribution in [0.2, 0.25) is 0 Å². The average molecular weight is 387 g/mol. The fourth-order valence-corrected chi connectivity index (χ4v) is 2.76. The highest BCUT2D eigenvalue weighted by Crippen LogP contribution is 2.15. The summed E-state index contributed by atoms with van der Waals surface area (Å²) in [6, 6.07) is 2.89. The Hall–Kier alpha value is -1.90. The highest BCUT2D eigenvalue weighted by atomic mass is 35.5. The molecule has 1 fully saturated rings. The number of ether oxygens (including phenoxy) is 2. The van der Waals surface area contributed by atoms with Crippen molar-refractivity contribution in [3.05, 3.63) is 23.9 Å². The third-order valence-corrected chi connectivity index (χ3v) is 4.05. The normalized spacial score (nSPS) is 15.7. The molecule has 0 saturated carbocycles. The van der Waals surface area contributed by atoms with E-state index >= 15 is 0 Å². The Balaban J connectivity index is 0.00000338. The van der Waals surface area contributed by atoms with E-state index in [4.69, 9.17) is 15.2 Å². The fourth-order valence-electron chi connectivity index (χ4n) is 2.76. The Morgan fingerprint density at radius 2 is 2.04 bits per heavy atom. The molecule has 8 nitrogen and oxygen atoms in total. The molecule has 1 unspecified atom stereocenters. The topological polar surface area (TPSA) is 98.0 Å². The van der Waals surface area contributed by atoms with Gasteiger partial charge in [-0.3, -0.25) is 4.79 Å². The maximum absolute atomic E-state index is 12.3. The van der Waals surface area contributed by atoms with Crippen molar-refractivity contribution in [2.45, 2.75) is 19.4 Å². The van der Waals surface area contributed by atoms with Crippen LogP contribution in [-0.4, -0.2) is 74.3 Å². The monoisotopic (exact) mass is 386 g/mol. The minimum Gasteiger partial charge on any atom is -0.462 e. The summed E-state index contributed by atoms with van der Waals surface area (Å²) < 4.78 is 9.91. The number of carbonyl (C=O) groups excluding carboxylic acids is 2. The molecule has 1 amide bonds. The first-order valence-corrected chi connectivity index (χ1v) is 8.48. The molecule has 0 spiro atoms. The Bertz CT molecular complexity index is 585. The first-order valence-electron chi connectivity index (χ1n) is 8.48. The van der Waals surface area contributed by atoms with Gasteiger partial charge >= 0.3 is 5.97 Å². The van der Waals surface area contributed by atoms with E-state index in [1.807, 2.05) is 0 Å². The number of hydrogen-bond acceptors (Lipinski definition) is 7. The molecular weight excluding hydrogens is 360 g/mol. The zero-order valence-electron chi connectivity index (χ0n) is 15.2. The molecule has 1 atom stereocenters. The summed E-state index contributed by atoms with van der Waals surface area (Å²) in [5.41, 5.74) is 6.27. The Kier molecular flexibility index (Phi) is 9.32. The van der Waals surface area contributed by atoms with Gasteiger partial charge in [-0.1, -0.05) is 0 Å². The third kappa shape index (κ3) is 5.82. The van der Waals surface area contributed by atoms with Gasteiger partial charge in [0.25, 0.3) is 0 Å². The molecule has 1 saturated heterocycles. The second-order valence-electron chi connectivity index (χ2n) is 5.85. The lowest BCUT2D eigenvalue weighted by atomic mass is 10.2. The number of carbonyl (C=O) groups is 2. The maximum atomic E-state index is 12.3. The molecule has 2 rings (SSSR count). The van der Waals surface area contributed by atoms with Gasteiger partial charge in [0.2, 0.25) is 5.91 Å². The van der Waals surface area contributed by atoms with Crippen LogP contribution >= 0.6 is 12.4 Å². The summed E-state index contributed by atoms with van der Waals surface area (Å²) in [6.07, 6.45) is 2.35. The van der Waals surface area contributed by atoms with Crippen LogP contribution < -0.4 is 10.6 Å². The molecule has 9 heteroatoms. The number of halogens is 1. The summed E-state index contributed by atoms with van der Waals surface area (Å²) in [5, 5.41) is 0. The van der Waals surface area contributed by atoms with Gasteiger partial charge in [0.15, 0.2) is 0 Å². The molecule has 1 aliphatic heterocycles. The van der Waals surface area contributed by atoms with Gasteiger partial charge in [-0.2, -0.15) is 0 Å². The van der Waals surface area contributed by atoms with Gasteiger partial charge in [0, 0.05) is 39.5 Å². The third-order valence-electron chi connectivity index (χ3n) is 4.05. The van der Waals surface area contributed by atoms with Gasteiger partial charge in [0.1, 0.15) is 11.9 Å². The summed E-state index contributed by atoms with van der Waals surface area (Å²) >= 11 is 0. The van der Waals surface area contributed by atoms with E-state index in [0.29, 0.717) is 31.8 Å². The van der Waals surface area contributed by atoms with Crippen molar-refractivity contribution in [1.82, 2.24) is 9.88 Å². The second-order valence-corrected chi connectivity index (χ2v) is 5.85. The van der Waals surface area contributed by atoms with E-state index in [9.17, 15) is 9.59 Å². The van der Waals surface area contributed by atoms with Crippen molar-refractivity contribution in [2.75, 3.05) is 51.4 Å². The highest BCUT2D eigenvalue weighted by molar-refractivity contribution is 5.89. The minimum absolute atomic E-state index is 0. The van der Waals surface area contributed by atoms with Gasteiger partial charge in [-0.05, 0) is 25.5 Å². The number of hydrogen-bond donors (Lipinski definition) is 1. The first-order chi connectivity index (χ1) is 12.1. The fraction of sp³-hybridized carbons (Fsp3) is 0.588. The predicted molar refractivity (Wildman–Crippen MR) is 101 cm³/mol. The van der Waals surface area contributed by atoms with Gasteiger partial charge in [0.05, 0.1) is 18.8 Å². The Labute approximate surface area is 160 Å². The van der Waals surface area contributed by atoms with Crippen LogP contribution in [0.25, 0.3) is 0 Å². The van der Waals surface area contributed by atoms with Crippen LogP contribution in [0.5, 0.6) is 0 Å². The van der Waals surface area contributed by atoms with Gasteiger partial charge in [-0.25, -0.2) is 9.78 Å². The lowest BCUT2D eigenvalue weighted by molar-refractivity contribution is -0.133. The molecule has 1 aromatic heterocycles. The van der Waals surface area contributed by atoms with Gasteiger partial charge < -0.3 is 25.0 Å². The van der Waals surface area contributed by atoms with Gasteiger partial charge in [-0.15, -0.1) is 12.4 Å². The minimum atomic E-state index is -0.626. The van der Waals surface area contributed by atoms with Crippen LogP contribution in [0.1, 0.15) is 23.7 Å². The number of anilines is 1. The van der Waals surface area contributed by atoms with E-state index in [0.717, 1.165) is 18.8 Å².